The van der Waals surface area contributed by atoms with Gasteiger partial charge >= 0.3 is 0 Å². The van der Waals surface area contributed by atoms with E-state index in [-0.39, 0.29) is 5.91 Å². The van der Waals surface area contributed by atoms with Crippen LogP contribution in [0.4, 0.5) is 11.6 Å². The standard InChI is InChI=1S/C28H27N5O2S/c1-3-36-28-31-27-29-19(2)24(26(34)30-21-14-8-5-9-15-21)25(33(27)32-28)22-16-10-11-17-23(22)35-18-20-12-6-4-7-13-20/h4-17,25H,3,18H2,1-2H3,(H,30,34)(H,29,31,32). The molecule has 0 saturated carbocycles. The fourth-order valence-electron chi connectivity index (χ4n) is 4.20. The Bertz CT molecular complexity index is 1390. The smallest absolute Gasteiger partial charge is 0.255 e. The number of allylic oxidation sites excluding steroid dienone is 1. The van der Waals surface area contributed by atoms with Crippen molar-refractivity contribution in [3.63, 3.8) is 0 Å². The van der Waals surface area contributed by atoms with Gasteiger partial charge in [0, 0.05) is 16.9 Å². The number of ether oxygens (including phenoxy) is 1. The number of rotatable bonds is 8. The molecule has 1 aliphatic heterocycles. The number of carbonyl (C=O) groups is 1. The maximum atomic E-state index is 13.7. The molecule has 3 aromatic carbocycles. The van der Waals surface area contributed by atoms with E-state index in [0.717, 1.165) is 28.3 Å². The Kier molecular flexibility index (Phi) is 7.04. The van der Waals surface area contributed by atoms with Crippen molar-refractivity contribution in [1.29, 1.82) is 0 Å². The topological polar surface area (TPSA) is 81.1 Å². The number of carbonyl (C=O) groups excluding carboxylic acids is 1. The van der Waals surface area contributed by atoms with Crippen molar-refractivity contribution < 1.29 is 9.53 Å². The number of nitrogens with one attached hydrogen (secondary N) is 2. The minimum atomic E-state index is -0.518. The van der Waals surface area contributed by atoms with Gasteiger partial charge in [0.25, 0.3) is 5.91 Å². The Balaban J connectivity index is 1.56. The molecule has 1 amide bonds. The average molecular weight is 498 g/mol. The van der Waals surface area contributed by atoms with Crippen LogP contribution < -0.4 is 15.4 Å². The highest BCUT2D eigenvalue weighted by atomic mass is 32.2. The van der Waals surface area contributed by atoms with Gasteiger partial charge in [0.05, 0.1) is 5.57 Å². The molecular formula is C28H27N5O2S. The van der Waals surface area contributed by atoms with Crippen LogP contribution in [-0.4, -0.2) is 26.4 Å². The zero-order valence-corrected chi connectivity index (χ0v) is 21.0. The number of thioether (sulfide) groups is 1. The summed E-state index contributed by atoms with van der Waals surface area (Å²) in [6.07, 6.45) is 0. The predicted molar refractivity (Wildman–Crippen MR) is 143 cm³/mol. The first kappa shape index (κ1) is 23.7. The molecule has 0 saturated heterocycles. The van der Waals surface area contributed by atoms with E-state index in [9.17, 15) is 4.79 Å². The third kappa shape index (κ3) is 4.99. The predicted octanol–water partition coefficient (Wildman–Crippen LogP) is 5.90. The summed E-state index contributed by atoms with van der Waals surface area (Å²) in [7, 11) is 0. The summed E-state index contributed by atoms with van der Waals surface area (Å²) in [6.45, 7) is 4.37. The van der Waals surface area contributed by atoms with E-state index in [1.165, 1.54) is 0 Å². The van der Waals surface area contributed by atoms with Gasteiger partial charge in [-0.2, -0.15) is 4.98 Å². The molecule has 1 atom stereocenters. The van der Waals surface area contributed by atoms with E-state index in [1.54, 1.807) is 16.4 Å². The summed E-state index contributed by atoms with van der Waals surface area (Å²) in [5.74, 6) is 1.93. The van der Waals surface area contributed by atoms with Crippen molar-refractivity contribution in [3.8, 4) is 5.75 Å². The molecule has 0 radical (unpaired) electrons. The first-order valence-electron chi connectivity index (χ1n) is 11.8. The van der Waals surface area contributed by atoms with Crippen molar-refractivity contribution in [1.82, 2.24) is 14.8 Å². The second-order valence-corrected chi connectivity index (χ2v) is 9.53. The van der Waals surface area contributed by atoms with E-state index >= 15 is 0 Å². The third-order valence-corrected chi connectivity index (χ3v) is 6.55. The first-order valence-corrected chi connectivity index (χ1v) is 12.8. The molecule has 2 heterocycles. The molecule has 0 bridgehead atoms. The van der Waals surface area contributed by atoms with Crippen molar-refractivity contribution in [2.75, 3.05) is 16.4 Å². The highest BCUT2D eigenvalue weighted by Gasteiger charge is 2.36. The van der Waals surface area contributed by atoms with Crippen LogP contribution in [0.25, 0.3) is 0 Å². The highest BCUT2D eigenvalue weighted by molar-refractivity contribution is 7.99. The molecular weight excluding hydrogens is 470 g/mol. The van der Waals surface area contributed by atoms with Gasteiger partial charge in [-0.1, -0.05) is 85.4 Å². The Morgan fingerprint density at radius 1 is 1.03 bits per heavy atom. The van der Waals surface area contributed by atoms with Crippen LogP contribution in [-0.2, 0) is 11.4 Å². The number of aromatic nitrogens is 3. The first-order chi connectivity index (χ1) is 17.6. The summed E-state index contributed by atoms with van der Waals surface area (Å²) in [5, 5.41) is 11.7. The van der Waals surface area contributed by atoms with Crippen LogP contribution in [0.3, 0.4) is 0 Å². The van der Waals surface area contributed by atoms with Crippen molar-refractivity contribution >= 4 is 29.3 Å². The van der Waals surface area contributed by atoms with Crippen LogP contribution in [0, 0.1) is 0 Å². The summed E-state index contributed by atoms with van der Waals surface area (Å²) < 4.78 is 8.07. The molecule has 7 nitrogen and oxygen atoms in total. The van der Waals surface area contributed by atoms with Gasteiger partial charge in [-0.15, -0.1) is 5.10 Å². The molecule has 182 valence electrons. The Morgan fingerprint density at radius 3 is 2.47 bits per heavy atom. The van der Waals surface area contributed by atoms with Crippen molar-refractivity contribution in [2.45, 2.75) is 31.7 Å². The number of para-hydroxylation sites is 2. The lowest BCUT2D eigenvalue weighted by Gasteiger charge is -2.29. The Labute approximate surface area is 214 Å². The van der Waals surface area contributed by atoms with Crippen molar-refractivity contribution in [3.05, 3.63) is 107 Å². The molecule has 0 fully saturated rings. The monoisotopic (exact) mass is 497 g/mol. The average Bonchev–Trinajstić information content (AvgIpc) is 3.30. The molecule has 4 aromatic rings. The molecule has 0 aliphatic carbocycles. The summed E-state index contributed by atoms with van der Waals surface area (Å²) in [4.78, 5) is 18.3. The molecule has 0 spiro atoms. The SMILES string of the molecule is CCSc1nc2n(n1)C(c1ccccc1OCc1ccccc1)C(C(=O)Nc1ccccc1)=C(C)N2. The number of fused-ring (bicyclic) bond motifs is 1. The molecule has 36 heavy (non-hydrogen) atoms. The number of anilines is 2. The zero-order chi connectivity index (χ0) is 24.9. The zero-order valence-electron chi connectivity index (χ0n) is 20.1. The lowest BCUT2D eigenvalue weighted by atomic mass is 9.94. The van der Waals surface area contributed by atoms with Gasteiger partial charge in [-0.25, -0.2) is 4.68 Å². The second kappa shape index (κ2) is 10.7. The molecule has 1 aliphatic rings. The summed E-state index contributed by atoms with van der Waals surface area (Å²) in [5.41, 5.74) is 3.90. The molecule has 5 rings (SSSR count). The normalized spacial score (nSPS) is 14.7. The fourth-order valence-corrected chi connectivity index (χ4v) is 4.75. The maximum absolute atomic E-state index is 13.7. The van der Waals surface area contributed by atoms with Crippen LogP contribution in [0.1, 0.15) is 31.0 Å². The number of nitrogens with zero attached hydrogens (tertiary/aromatic N) is 3. The van der Waals surface area contributed by atoms with Crippen LogP contribution in [0.15, 0.2) is 101 Å². The van der Waals surface area contributed by atoms with E-state index in [1.807, 2.05) is 91.9 Å². The summed E-state index contributed by atoms with van der Waals surface area (Å²) in [6, 6.07) is 26.7. The van der Waals surface area contributed by atoms with Gasteiger partial charge in [0.15, 0.2) is 0 Å². The van der Waals surface area contributed by atoms with Gasteiger partial charge in [0.2, 0.25) is 11.1 Å². The molecule has 1 aromatic heterocycles. The lowest BCUT2D eigenvalue weighted by molar-refractivity contribution is -0.113. The Hall–Kier alpha value is -4.04. The number of hydrogen-bond acceptors (Lipinski definition) is 6. The van der Waals surface area contributed by atoms with Crippen LogP contribution in [0.5, 0.6) is 5.75 Å². The number of amides is 1. The van der Waals surface area contributed by atoms with Crippen LogP contribution >= 0.6 is 11.8 Å². The van der Waals surface area contributed by atoms with Gasteiger partial charge < -0.3 is 15.4 Å². The van der Waals surface area contributed by atoms with E-state index in [0.29, 0.717) is 29.0 Å². The minimum absolute atomic E-state index is 0.208. The molecule has 1 unspecified atom stereocenters. The quantitative estimate of drug-likeness (QED) is 0.295. The second-order valence-electron chi connectivity index (χ2n) is 8.29. The fraction of sp³-hybridized carbons (Fsp3) is 0.179. The van der Waals surface area contributed by atoms with Crippen LogP contribution in [0.2, 0.25) is 0 Å². The van der Waals surface area contributed by atoms with Crippen molar-refractivity contribution in [2.24, 2.45) is 0 Å². The highest BCUT2D eigenvalue weighted by Crippen LogP contribution is 2.40. The Morgan fingerprint density at radius 2 is 1.72 bits per heavy atom. The third-order valence-electron chi connectivity index (χ3n) is 5.83. The number of hydrogen-bond donors (Lipinski definition) is 2. The summed E-state index contributed by atoms with van der Waals surface area (Å²) >= 11 is 1.56. The minimum Gasteiger partial charge on any atom is -0.489 e. The van der Waals surface area contributed by atoms with E-state index < -0.39 is 6.04 Å². The largest absolute Gasteiger partial charge is 0.489 e. The van der Waals surface area contributed by atoms with E-state index in [4.69, 9.17) is 9.84 Å². The van der Waals surface area contributed by atoms with E-state index in [2.05, 4.69) is 22.5 Å². The van der Waals surface area contributed by atoms with Gasteiger partial charge in [-0.3, -0.25) is 4.79 Å². The molecule has 2 N–H and O–H groups in total. The maximum Gasteiger partial charge on any atom is 0.255 e. The lowest BCUT2D eigenvalue weighted by Crippen LogP contribution is -2.31. The molecule has 8 heteroatoms. The number of benzene rings is 3. The van der Waals surface area contributed by atoms with Gasteiger partial charge in [-0.05, 0) is 36.4 Å². The van der Waals surface area contributed by atoms with Gasteiger partial charge in [0.1, 0.15) is 18.4 Å².